The van der Waals surface area contributed by atoms with Gasteiger partial charge in [-0.25, -0.2) is 0 Å². The second-order valence-corrected chi connectivity index (χ2v) is 5.64. The number of nitrogens with two attached hydrogens (primary N) is 1. The first kappa shape index (κ1) is 14.9. The van der Waals surface area contributed by atoms with Gasteiger partial charge >= 0.3 is 0 Å². The van der Waals surface area contributed by atoms with Crippen molar-refractivity contribution in [3.63, 3.8) is 0 Å². The Kier molecular flexibility index (Phi) is 5.43. The lowest BCUT2D eigenvalue weighted by Gasteiger charge is -2.22. The molecule has 2 amide bonds. The van der Waals surface area contributed by atoms with Gasteiger partial charge in [-0.1, -0.05) is 12.1 Å². The van der Waals surface area contributed by atoms with Crippen molar-refractivity contribution in [2.24, 2.45) is 5.73 Å². The predicted octanol–water partition coefficient (Wildman–Crippen LogP) is 0.980. The van der Waals surface area contributed by atoms with Crippen LogP contribution in [0.25, 0.3) is 0 Å². The van der Waals surface area contributed by atoms with Gasteiger partial charge in [0, 0.05) is 43.1 Å². The van der Waals surface area contributed by atoms with Crippen LogP contribution in [0.4, 0.5) is 5.69 Å². The fraction of sp³-hybridized carbons (Fsp3) is 0.429. The van der Waals surface area contributed by atoms with E-state index in [0.29, 0.717) is 32.5 Å². The van der Waals surface area contributed by atoms with E-state index >= 15 is 0 Å². The van der Waals surface area contributed by atoms with Gasteiger partial charge in [0.05, 0.1) is 5.69 Å². The normalized spacial score (nSPS) is 14.7. The molecule has 0 spiro atoms. The molecule has 3 N–H and O–H groups in total. The Morgan fingerprint density at radius 2 is 2.20 bits per heavy atom. The summed E-state index contributed by atoms with van der Waals surface area (Å²) in [4.78, 5) is 26.6. The molecule has 0 atom stereocenters. The van der Waals surface area contributed by atoms with Gasteiger partial charge in [-0.3, -0.25) is 9.59 Å². The van der Waals surface area contributed by atoms with E-state index in [-0.39, 0.29) is 11.8 Å². The van der Waals surface area contributed by atoms with E-state index in [1.54, 1.807) is 16.7 Å². The van der Waals surface area contributed by atoms with Gasteiger partial charge in [0.15, 0.2) is 0 Å². The van der Waals surface area contributed by atoms with E-state index in [2.05, 4.69) is 5.32 Å². The second-order valence-electron chi connectivity index (χ2n) is 4.50. The Bertz CT molecular complexity index is 493. The average molecular weight is 293 g/mol. The number of thioether (sulfide) groups is 1. The Morgan fingerprint density at radius 1 is 1.40 bits per heavy atom. The maximum atomic E-state index is 12.2. The highest BCUT2D eigenvalue weighted by atomic mass is 32.2. The minimum atomic E-state index is -0.0716. The molecule has 0 saturated carbocycles. The fourth-order valence-corrected chi connectivity index (χ4v) is 3.08. The third-order valence-electron chi connectivity index (χ3n) is 3.06. The number of hydrogen-bond donors (Lipinski definition) is 2. The van der Waals surface area contributed by atoms with E-state index < -0.39 is 0 Å². The molecule has 0 radical (unpaired) electrons. The largest absolute Gasteiger partial charge is 0.355 e. The summed E-state index contributed by atoms with van der Waals surface area (Å²) in [5.74, 6) is 0.790. The van der Waals surface area contributed by atoms with Crippen LogP contribution in [0.5, 0.6) is 0 Å². The molecule has 5 nitrogen and oxygen atoms in total. The van der Waals surface area contributed by atoms with Crippen LogP contribution in [0.3, 0.4) is 0 Å². The molecule has 0 bridgehead atoms. The highest BCUT2D eigenvalue weighted by molar-refractivity contribution is 7.99. The number of amides is 2. The minimum absolute atomic E-state index is 0.0716. The summed E-state index contributed by atoms with van der Waals surface area (Å²) in [6.45, 7) is 1.31. The molecule has 1 aliphatic rings. The zero-order valence-electron chi connectivity index (χ0n) is 11.3. The second kappa shape index (κ2) is 7.31. The summed E-state index contributed by atoms with van der Waals surface area (Å²) in [6.07, 6.45) is 0.800. The lowest BCUT2D eigenvalue weighted by Crippen LogP contribution is -2.36. The van der Waals surface area contributed by atoms with Crippen molar-refractivity contribution in [3.8, 4) is 0 Å². The first-order valence-corrected chi connectivity index (χ1v) is 7.70. The molecule has 0 aromatic heterocycles. The Labute approximate surface area is 122 Å². The summed E-state index contributed by atoms with van der Waals surface area (Å²) < 4.78 is 0. The lowest BCUT2D eigenvalue weighted by molar-refractivity contribution is -0.121. The molecule has 6 heteroatoms. The van der Waals surface area contributed by atoms with Gasteiger partial charge in [-0.15, -0.1) is 11.8 Å². The number of nitrogens with zero attached hydrogens (tertiary/aromatic N) is 1. The molecule has 1 aliphatic heterocycles. The molecule has 20 heavy (non-hydrogen) atoms. The average Bonchev–Trinajstić information content (AvgIpc) is 2.61. The number of rotatable bonds is 5. The van der Waals surface area contributed by atoms with Crippen molar-refractivity contribution < 1.29 is 9.59 Å². The smallest absolute Gasteiger partial charge is 0.227 e. The van der Waals surface area contributed by atoms with Crippen LogP contribution in [-0.4, -0.2) is 37.2 Å². The van der Waals surface area contributed by atoms with E-state index in [4.69, 9.17) is 5.73 Å². The zero-order chi connectivity index (χ0) is 14.4. The quantitative estimate of drug-likeness (QED) is 0.848. The van der Waals surface area contributed by atoms with Crippen LogP contribution >= 0.6 is 11.8 Å². The van der Waals surface area contributed by atoms with Crippen molar-refractivity contribution >= 4 is 29.3 Å². The molecular formula is C14H19N3O2S. The molecule has 108 valence electrons. The van der Waals surface area contributed by atoms with Crippen LogP contribution in [0.1, 0.15) is 12.8 Å². The minimum Gasteiger partial charge on any atom is -0.355 e. The summed E-state index contributed by atoms with van der Waals surface area (Å²) in [6, 6.07) is 7.83. The third kappa shape index (κ3) is 3.74. The van der Waals surface area contributed by atoms with Crippen LogP contribution in [-0.2, 0) is 9.59 Å². The SMILES string of the molecule is NCCNC(=O)CCN1C(=O)CCSc2ccccc21. The molecule has 1 aromatic rings. The number of para-hydroxylation sites is 1. The van der Waals surface area contributed by atoms with Crippen molar-refractivity contribution in [2.75, 3.05) is 30.3 Å². The van der Waals surface area contributed by atoms with Crippen LogP contribution in [0, 0.1) is 0 Å². The Balaban J connectivity index is 2.05. The number of anilines is 1. The van der Waals surface area contributed by atoms with Gasteiger partial charge in [-0.2, -0.15) is 0 Å². The first-order chi connectivity index (χ1) is 9.72. The van der Waals surface area contributed by atoms with Crippen molar-refractivity contribution in [1.29, 1.82) is 0 Å². The van der Waals surface area contributed by atoms with Gasteiger partial charge in [0.2, 0.25) is 11.8 Å². The van der Waals surface area contributed by atoms with Gasteiger partial charge in [0.25, 0.3) is 0 Å². The lowest BCUT2D eigenvalue weighted by atomic mass is 10.2. The number of fused-ring (bicyclic) bond motifs is 1. The topological polar surface area (TPSA) is 75.4 Å². The maximum Gasteiger partial charge on any atom is 0.227 e. The molecule has 1 aromatic carbocycles. The van der Waals surface area contributed by atoms with Crippen LogP contribution < -0.4 is 16.0 Å². The van der Waals surface area contributed by atoms with Crippen molar-refractivity contribution in [2.45, 2.75) is 17.7 Å². The number of nitrogens with one attached hydrogen (secondary N) is 1. The van der Waals surface area contributed by atoms with Crippen molar-refractivity contribution in [3.05, 3.63) is 24.3 Å². The number of carbonyl (C=O) groups is 2. The zero-order valence-corrected chi connectivity index (χ0v) is 12.1. The Hall–Kier alpha value is -1.53. The highest BCUT2D eigenvalue weighted by Crippen LogP contribution is 2.33. The van der Waals surface area contributed by atoms with Gasteiger partial charge in [-0.05, 0) is 12.1 Å². The molecular weight excluding hydrogens is 274 g/mol. The van der Waals surface area contributed by atoms with Crippen molar-refractivity contribution in [1.82, 2.24) is 5.32 Å². The van der Waals surface area contributed by atoms with E-state index in [0.717, 1.165) is 16.3 Å². The van der Waals surface area contributed by atoms with E-state index in [9.17, 15) is 9.59 Å². The monoisotopic (exact) mass is 293 g/mol. The molecule has 0 fully saturated rings. The molecule has 0 aliphatic carbocycles. The highest BCUT2D eigenvalue weighted by Gasteiger charge is 2.22. The summed E-state index contributed by atoms with van der Waals surface area (Å²) in [5, 5.41) is 2.72. The van der Waals surface area contributed by atoms with Crippen LogP contribution in [0.2, 0.25) is 0 Å². The van der Waals surface area contributed by atoms with Gasteiger partial charge in [0.1, 0.15) is 0 Å². The fourth-order valence-electron chi connectivity index (χ4n) is 2.08. The van der Waals surface area contributed by atoms with E-state index in [1.807, 2.05) is 24.3 Å². The molecule has 1 heterocycles. The van der Waals surface area contributed by atoms with E-state index in [1.165, 1.54) is 0 Å². The maximum absolute atomic E-state index is 12.2. The number of benzene rings is 1. The predicted molar refractivity (Wildman–Crippen MR) is 80.8 cm³/mol. The molecule has 2 rings (SSSR count). The van der Waals surface area contributed by atoms with Crippen LogP contribution in [0.15, 0.2) is 29.2 Å². The number of carbonyl (C=O) groups excluding carboxylic acids is 2. The first-order valence-electron chi connectivity index (χ1n) is 6.71. The summed E-state index contributed by atoms with van der Waals surface area (Å²) in [7, 11) is 0. The third-order valence-corrected chi connectivity index (χ3v) is 4.12. The summed E-state index contributed by atoms with van der Waals surface area (Å²) >= 11 is 1.69. The standard InChI is InChI=1S/C14H19N3O2S/c15-7-8-16-13(18)5-9-17-11-3-1-2-4-12(11)20-10-6-14(17)19/h1-4H,5-10,15H2,(H,16,18). The summed E-state index contributed by atoms with van der Waals surface area (Å²) in [5.41, 5.74) is 6.25. The molecule has 0 unspecified atom stereocenters. The molecule has 0 saturated heterocycles. The Morgan fingerprint density at radius 3 is 3.00 bits per heavy atom. The van der Waals surface area contributed by atoms with Gasteiger partial charge < -0.3 is 16.0 Å². The number of hydrogen-bond acceptors (Lipinski definition) is 4.